The van der Waals surface area contributed by atoms with Crippen molar-refractivity contribution >= 4 is 22.4 Å². The van der Waals surface area contributed by atoms with E-state index >= 15 is 0 Å². The normalized spacial score (nSPS) is 35.4. The van der Waals surface area contributed by atoms with Gasteiger partial charge in [0.1, 0.15) is 10.5 Å². The molecule has 0 aromatic heterocycles. The number of ketones is 2. The molecule has 3 aliphatic carbocycles. The van der Waals surface area contributed by atoms with Gasteiger partial charge >= 0.3 is 0 Å². The Morgan fingerprint density at radius 2 is 1.87 bits per heavy atom. The summed E-state index contributed by atoms with van der Waals surface area (Å²) in [6.45, 7) is 0. The van der Waals surface area contributed by atoms with Crippen LogP contribution in [0.1, 0.15) is 6.42 Å². The molecular formula is C18H16O4S. The Balaban J connectivity index is 1.84. The molecule has 0 spiro atoms. The predicted octanol–water partition coefficient (Wildman–Crippen LogP) is 2.07. The molecule has 1 saturated carbocycles. The lowest BCUT2D eigenvalue weighted by atomic mass is 9.74. The highest BCUT2D eigenvalue weighted by Crippen LogP contribution is 2.57. The summed E-state index contributed by atoms with van der Waals surface area (Å²) in [6.07, 6.45) is 7.36. The molecule has 4 rings (SSSR count). The third-order valence-corrected chi connectivity index (χ3v) is 7.30. The molecule has 2 bridgehead atoms. The number of hydrogen-bond donors (Lipinski definition) is 0. The molecular weight excluding hydrogens is 312 g/mol. The van der Waals surface area contributed by atoms with Crippen molar-refractivity contribution in [3.05, 3.63) is 48.6 Å². The molecule has 0 radical (unpaired) electrons. The Morgan fingerprint density at radius 1 is 1.13 bits per heavy atom. The van der Waals surface area contributed by atoms with Crippen molar-refractivity contribution in [1.29, 1.82) is 0 Å². The van der Waals surface area contributed by atoms with Gasteiger partial charge in [0.2, 0.25) is 0 Å². The Morgan fingerprint density at radius 3 is 2.57 bits per heavy atom. The van der Waals surface area contributed by atoms with E-state index in [-0.39, 0.29) is 23.4 Å². The molecule has 5 heteroatoms. The van der Waals surface area contributed by atoms with Crippen molar-refractivity contribution in [3.63, 3.8) is 0 Å². The number of rotatable bonds is 3. The number of benzene rings is 1. The van der Waals surface area contributed by atoms with Crippen molar-refractivity contribution in [1.82, 2.24) is 0 Å². The quantitative estimate of drug-likeness (QED) is 0.797. The molecule has 1 fully saturated rings. The zero-order valence-corrected chi connectivity index (χ0v) is 13.4. The van der Waals surface area contributed by atoms with Crippen LogP contribution in [0.4, 0.5) is 0 Å². The summed E-state index contributed by atoms with van der Waals surface area (Å²) in [5, 5.41) is 0. The van der Waals surface area contributed by atoms with Crippen LogP contribution in [0.2, 0.25) is 0 Å². The summed E-state index contributed by atoms with van der Waals surface area (Å²) >= 11 is 0. The van der Waals surface area contributed by atoms with Crippen LogP contribution in [0.15, 0.2) is 53.5 Å². The van der Waals surface area contributed by atoms with Gasteiger partial charge in [-0.15, -0.1) is 0 Å². The Kier molecular flexibility index (Phi) is 3.17. The average molecular weight is 328 g/mol. The third-order valence-electron chi connectivity index (χ3n) is 5.23. The number of ether oxygens (including phenoxy) is 1. The maximum atomic E-state index is 13.4. The lowest BCUT2D eigenvalue weighted by Crippen LogP contribution is -2.56. The third kappa shape index (κ3) is 1.80. The zero-order valence-electron chi connectivity index (χ0n) is 12.6. The first-order valence-electron chi connectivity index (χ1n) is 7.59. The molecule has 118 valence electrons. The molecule has 0 amide bonds. The molecule has 0 unspecified atom stereocenters. The van der Waals surface area contributed by atoms with Gasteiger partial charge in [0, 0.05) is 10.8 Å². The maximum Gasteiger partial charge on any atom is 0.176 e. The van der Waals surface area contributed by atoms with Gasteiger partial charge in [-0.25, -0.2) is 0 Å². The highest BCUT2D eigenvalue weighted by molar-refractivity contribution is 7.87. The highest BCUT2D eigenvalue weighted by atomic mass is 32.2. The number of hydrogen-bond acceptors (Lipinski definition) is 4. The minimum atomic E-state index is -1.59. The van der Waals surface area contributed by atoms with E-state index in [1.54, 1.807) is 31.4 Å². The summed E-state index contributed by atoms with van der Waals surface area (Å²) in [5.74, 6) is -0.224. The van der Waals surface area contributed by atoms with Gasteiger partial charge in [-0.2, -0.15) is 0 Å². The lowest BCUT2D eigenvalue weighted by molar-refractivity contribution is -0.127. The summed E-state index contributed by atoms with van der Waals surface area (Å²) in [6, 6.07) is 6.89. The second-order valence-corrected chi connectivity index (χ2v) is 7.89. The molecule has 23 heavy (non-hydrogen) atoms. The Bertz CT molecular complexity index is 777. The van der Waals surface area contributed by atoms with Crippen LogP contribution in [0.3, 0.4) is 0 Å². The molecule has 0 heterocycles. The van der Waals surface area contributed by atoms with Gasteiger partial charge in [-0.3, -0.25) is 13.8 Å². The number of carbonyl (C=O) groups is 2. The fraction of sp³-hybridized carbons (Fsp3) is 0.333. The van der Waals surface area contributed by atoms with E-state index in [4.69, 9.17) is 4.74 Å². The van der Waals surface area contributed by atoms with Crippen LogP contribution in [0.25, 0.3) is 0 Å². The smallest absolute Gasteiger partial charge is 0.176 e. The highest BCUT2D eigenvalue weighted by Gasteiger charge is 2.66. The molecule has 0 aliphatic heterocycles. The van der Waals surface area contributed by atoms with E-state index in [0.29, 0.717) is 10.6 Å². The molecule has 0 saturated heterocycles. The summed E-state index contributed by atoms with van der Waals surface area (Å²) in [5.41, 5.74) is 0. The monoisotopic (exact) mass is 328 g/mol. The first-order chi connectivity index (χ1) is 11.1. The van der Waals surface area contributed by atoms with E-state index in [9.17, 15) is 13.8 Å². The Hall–Kier alpha value is -2.01. The zero-order chi connectivity index (χ0) is 16.2. The fourth-order valence-electron chi connectivity index (χ4n) is 4.23. The number of allylic oxidation sites excluding steroid dienone is 4. The second-order valence-electron chi connectivity index (χ2n) is 6.21. The van der Waals surface area contributed by atoms with Gasteiger partial charge in [0.15, 0.2) is 11.6 Å². The average Bonchev–Trinajstić information content (AvgIpc) is 3.18. The van der Waals surface area contributed by atoms with Crippen molar-refractivity contribution in [2.24, 2.45) is 17.8 Å². The van der Waals surface area contributed by atoms with Gasteiger partial charge in [-0.05, 0) is 48.8 Å². The van der Waals surface area contributed by atoms with E-state index in [0.717, 1.165) is 6.42 Å². The summed E-state index contributed by atoms with van der Waals surface area (Å²) in [7, 11) is -0.0201. The van der Waals surface area contributed by atoms with Crippen molar-refractivity contribution < 1.29 is 18.5 Å². The number of methoxy groups -OCH3 is 1. The van der Waals surface area contributed by atoms with Crippen molar-refractivity contribution in [2.75, 3.05) is 7.11 Å². The lowest BCUT2D eigenvalue weighted by Gasteiger charge is -2.39. The first kappa shape index (κ1) is 14.6. The van der Waals surface area contributed by atoms with E-state index in [1.807, 2.05) is 12.2 Å². The molecule has 3 aliphatic rings. The van der Waals surface area contributed by atoms with Gasteiger partial charge < -0.3 is 4.74 Å². The topological polar surface area (TPSA) is 60.4 Å². The maximum absolute atomic E-state index is 13.4. The predicted molar refractivity (Wildman–Crippen MR) is 85.5 cm³/mol. The first-order valence-corrected chi connectivity index (χ1v) is 8.74. The van der Waals surface area contributed by atoms with Crippen LogP contribution < -0.4 is 4.74 Å². The molecule has 5 atom stereocenters. The minimum absolute atomic E-state index is 0.0172. The van der Waals surface area contributed by atoms with Gasteiger partial charge in [0.25, 0.3) is 0 Å². The molecule has 1 aromatic rings. The molecule has 4 nitrogen and oxygen atoms in total. The SMILES string of the molecule is COc1ccc([S@](=O)[C@]23C(=O)C=CC(=O)[C@H]2[C@H]2C=C[C@@H]3C2)cc1. The van der Waals surface area contributed by atoms with Crippen LogP contribution in [-0.4, -0.2) is 27.6 Å². The largest absolute Gasteiger partial charge is 0.497 e. The summed E-state index contributed by atoms with van der Waals surface area (Å²) in [4.78, 5) is 25.8. The van der Waals surface area contributed by atoms with Crippen LogP contribution in [-0.2, 0) is 20.4 Å². The van der Waals surface area contributed by atoms with Gasteiger partial charge in [0.05, 0.1) is 23.8 Å². The summed E-state index contributed by atoms with van der Waals surface area (Å²) < 4.78 is 17.4. The molecule has 0 N–H and O–H groups in total. The van der Waals surface area contributed by atoms with Gasteiger partial charge in [-0.1, -0.05) is 12.2 Å². The van der Waals surface area contributed by atoms with E-state index in [2.05, 4.69) is 0 Å². The minimum Gasteiger partial charge on any atom is -0.497 e. The van der Waals surface area contributed by atoms with E-state index in [1.165, 1.54) is 12.2 Å². The number of fused-ring (bicyclic) bond motifs is 5. The van der Waals surface area contributed by atoms with Crippen LogP contribution in [0, 0.1) is 17.8 Å². The standard InChI is InChI=1S/C18H16O4S/c1-22-13-4-6-14(7-5-13)23(21)18-12-3-2-11(10-12)17(18)15(19)8-9-16(18)20/h2-9,11-12,17H,10H2,1H3/t11-,12+,17+,18+,23-/m0/s1. The Labute approximate surface area is 136 Å². The molecule has 1 aromatic carbocycles. The van der Waals surface area contributed by atoms with Crippen LogP contribution >= 0.6 is 0 Å². The van der Waals surface area contributed by atoms with Crippen molar-refractivity contribution in [2.45, 2.75) is 16.1 Å². The van der Waals surface area contributed by atoms with Crippen LogP contribution in [0.5, 0.6) is 5.75 Å². The van der Waals surface area contributed by atoms with Crippen molar-refractivity contribution in [3.8, 4) is 5.75 Å². The fourth-order valence-corrected chi connectivity index (χ4v) is 6.23. The second kappa shape index (κ2) is 4.99. The van der Waals surface area contributed by atoms with E-state index < -0.39 is 21.5 Å². The number of carbonyl (C=O) groups excluding carboxylic acids is 2.